The van der Waals surface area contributed by atoms with Crippen molar-refractivity contribution in [2.75, 3.05) is 6.54 Å². The molecule has 0 fully saturated rings. The normalized spacial score (nSPS) is 14.2. The molecule has 0 atom stereocenters. The van der Waals surface area contributed by atoms with Crippen LogP contribution < -0.4 is 10.7 Å². The van der Waals surface area contributed by atoms with Crippen molar-refractivity contribution in [3.05, 3.63) is 35.4 Å². The summed E-state index contributed by atoms with van der Waals surface area (Å²) >= 11 is 0. The fourth-order valence-corrected chi connectivity index (χ4v) is 2.31. The minimum atomic E-state index is -0.195. The maximum atomic E-state index is 11.9. The van der Waals surface area contributed by atoms with Gasteiger partial charge in [-0.3, -0.25) is 9.59 Å². The van der Waals surface area contributed by atoms with Crippen LogP contribution in [0.5, 0.6) is 0 Å². The number of rotatable bonds is 7. The first kappa shape index (κ1) is 16.2. The second-order valence-corrected chi connectivity index (χ2v) is 5.52. The fourth-order valence-electron chi connectivity index (χ4n) is 2.31. The van der Waals surface area contributed by atoms with Crippen LogP contribution >= 0.6 is 0 Å². The van der Waals surface area contributed by atoms with E-state index in [2.05, 4.69) is 47.0 Å². The lowest BCUT2D eigenvalue weighted by Crippen LogP contribution is -2.37. The van der Waals surface area contributed by atoms with Crippen molar-refractivity contribution in [2.45, 2.75) is 45.4 Å². The van der Waals surface area contributed by atoms with Crippen LogP contribution in [0.1, 0.15) is 43.7 Å². The van der Waals surface area contributed by atoms with Gasteiger partial charge in [0.05, 0.1) is 0 Å². The molecule has 5 heteroatoms. The zero-order chi connectivity index (χ0) is 15.8. The Labute approximate surface area is 131 Å². The number of unbranched alkanes of at least 4 members (excludes halogenated alkanes) is 1. The molecular weight excluding hydrogens is 278 g/mol. The maximum absolute atomic E-state index is 11.9. The van der Waals surface area contributed by atoms with Crippen LogP contribution in [0, 0.1) is 0 Å². The smallest absolute Gasteiger partial charge is 0.267 e. The number of hydrazone groups is 1. The lowest BCUT2D eigenvalue weighted by molar-refractivity contribution is -0.121. The van der Waals surface area contributed by atoms with E-state index in [4.69, 9.17) is 0 Å². The summed E-state index contributed by atoms with van der Waals surface area (Å²) in [7, 11) is 0. The fraction of sp³-hybridized carbons (Fsp3) is 0.471. The Balaban J connectivity index is 1.74. The van der Waals surface area contributed by atoms with Gasteiger partial charge in [-0.1, -0.05) is 37.6 Å². The summed E-state index contributed by atoms with van der Waals surface area (Å²) in [5.41, 5.74) is 5.30. The summed E-state index contributed by atoms with van der Waals surface area (Å²) in [6.45, 7) is 2.76. The van der Waals surface area contributed by atoms with E-state index in [0.29, 0.717) is 25.1 Å². The van der Waals surface area contributed by atoms with E-state index in [9.17, 15) is 9.59 Å². The molecule has 2 amide bonds. The largest absolute Gasteiger partial charge is 0.351 e. The third-order valence-electron chi connectivity index (χ3n) is 3.71. The predicted molar refractivity (Wildman–Crippen MR) is 86.6 cm³/mol. The molecule has 1 aromatic rings. The zero-order valence-corrected chi connectivity index (χ0v) is 13.0. The van der Waals surface area contributed by atoms with E-state index in [1.54, 1.807) is 0 Å². The van der Waals surface area contributed by atoms with Crippen molar-refractivity contribution >= 4 is 17.5 Å². The molecule has 2 rings (SSSR count). The van der Waals surface area contributed by atoms with Gasteiger partial charge in [0.15, 0.2) is 0 Å². The molecule has 118 valence electrons. The van der Waals surface area contributed by atoms with Crippen LogP contribution in [0.3, 0.4) is 0 Å². The van der Waals surface area contributed by atoms with Gasteiger partial charge in [0.25, 0.3) is 5.91 Å². The number of hydrogen-bond acceptors (Lipinski definition) is 3. The van der Waals surface area contributed by atoms with Gasteiger partial charge >= 0.3 is 0 Å². The Bertz CT molecular complexity index is 550. The van der Waals surface area contributed by atoms with Crippen molar-refractivity contribution in [2.24, 2.45) is 5.10 Å². The number of nitrogens with zero attached hydrogens (tertiary/aromatic N) is 1. The second kappa shape index (κ2) is 8.32. The zero-order valence-electron chi connectivity index (χ0n) is 13.0. The van der Waals surface area contributed by atoms with Gasteiger partial charge in [-0.2, -0.15) is 5.10 Å². The Kier molecular flexibility index (Phi) is 6.13. The molecule has 2 N–H and O–H groups in total. The summed E-state index contributed by atoms with van der Waals surface area (Å²) in [6.07, 6.45) is 5.07. The highest BCUT2D eigenvalue weighted by Gasteiger charge is 2.17. The number of hydrogen-bond donors (Lipinski definition) is 2. The molecular formula is C17H23N3O2. The van der Waals surface area contributed by atoms with Gasteiger partial charge in [0, 0.05) is 19.4 Å². The van der Waals surface area contributed by atoms with Crippen molar-refractivity contribution in [3.8, 4) is 0 Å². The lowest BCUT2D eigenvalue weighted by Gasteiger charge is -2.12. The quantitative estimate of drug-likeness (QED) is 0.808. The number of nitrogens with one attached hydrogen (secondary N) is 2. The Morgan fingerprint density at radius 2 is 1.86 bits per heavy atom. The van der Waals surface area contributed by atoms with Gasteiger partial charge in [-0.25, -0.2) is 5.43 Å². The van der Waals surface area contributed by atoms with Crippen molar-refractivity contribution < 1.29 is 9.59 Å². The van der Waals surface area contributed by atoms with Gasteiger partial charge in [-0.15, -0.1) is 0 Å². The van der Waals surface area contributed by atoms with Gasteiger partial charge in [0.1, 0.15) is 5.71 Å². The molecule has 0 saturated heterocycles. The van der Waals surface area contributed by atoms with E-state index in [-0.39, 0.29) is 11.8 Å². The number of carbonyl (C=O) groups is 2. The topological polar surface area (TPSA) is 70.6 Å². The number of carbonyl (C=O) groups excluding carboxylic acids is 2. The van der Waals surface area contributed by atoms with E-state index in [1.807, 2.05) is 0 Å². The molecule has 1 aromatic carbocycles. The van der Waals surface area contributed by atoms with E-state index >= 15 is 0 Å². The minimum Gasteiger partial charge on any atom is -0.351 e. The van der Waals surface area contributed by atoms with Gasteiger partial charge in [0.2, 0.25) is 5.91 Å². The third kappa shape index (κ3) is 4.98. The van der Waals surface area contributed by atoms with Crippen molar-refractivity contribution in [1.82, 2.24) is 10.7 Å². The summed E-state index contributed by atoms with van der Waals surface area (Å²) < 4.78 is 0. The average molecular weight is 301 g/mol. The standard InChI is InChI=1S/C17H23N3O2/c1-2-3-4-13-5-7-14(8-6-13)11-12-18-17(22)15-9-10-16(21)20-19-15/h5-8H,2-4,9-12H2,1H3,(H,18,22)(H,20,21). The molecule has 0 radical (unpaired) electrons. The maximum Gasteiger partial charge on any atom is 0.267 e. The Hall–Kier alpha value is -2.17. The van der Waals surface area contributed by atoms with Crippen LogP contribution in [-0.4, -0.2) is 24.1 Å². The molecule has 1 aliphatic rings. The first-order chi connectivity index (χ1) is 10.7. The van der Waals surface area contributed by atoms with E-state index < -0.39 is 0 Å². The molecule has 22 heavy (non-hydrogen) atoms. The predicted octanol–water partition coefficient (Wildman–Crippen LogP) is 1.95. The van der Waals surface area contributed by atoms with Crippen LogP contribution in [0.25, 0.3) is 0 Å². The highest BCUT2D eigenvalue weighted by Crippen LogP contribution is 2.08. The number of benzene rings is 1. The second-order valence-electron chi connectivity index (χ2n) is 5.52. The lowest BCUT2D eigenvalue weighted by atomic mass is 10.0. The number of aryl methyl sites for hydroxylation is 1. The Morgan fingerprint density at radius 3 is 2.45 bits per heavy atom. The Morgan fingerprint density at radius 1 is 1.18 bits per heavy atom. The van der Waals surface area contributed by atoms with Crippen LogP contribution in [-0.2, 0) is 22.4 Å². The number of amides is 2. The summed E-state index contributed by atoms with van der Waals surface area (Å²) in [5, 5.41) is 6.62. The third-order valence-corrected chi connectivity index (χ3v) is 3.71. The molecule has 0 aromatic heterocycles. The van der Waals surface area contributed by atoms with Crippen LogP contribution in [0.15, 0.2) is 29.4 Å². The molecule has 5 nitrogen and oxygen atoms in total. The van der Waals surface area contributed by atoms with Crippen LogP contribution in [0.2, 0.25) is 0 Å². The van der Waals surface area contributed by atoms with Crippen molar-refractivity contribution in [1.29, 1.82) is 0 Å². The minimum absolute atomic E-state index is 0.139. The molecule has 0 bridgehead atoms. The molecule has 1 heterocycles. The van der Waals surface area contributed by atoms with Gasteiger partial charge in [-0.05, 0) is 30.4 Å². The molecule has 1 aliphatic heterocycles. The monoisotopic (exact) mass is 301 g/mol. The first-order valence-electron chi connectivity index (χ1n) is 7.90. The SMILES string of the molecule is CCCCc1ccc(CCNC(=O)C2=NNC(=O)CC2)cc1. The highest BCUT2D eigenvalue weighted by molar-refractivity contribution is 6.39. The summed E-state index contributed by atoms with van der Waals surface area (Å²) in [6, 6.07) is 8.56. The first-order valence-corrected chi connectivity index (χ1v) is 7.90. The average Bonchev–Trinajstić information content (AvgIpc) is 2.54. The van der Waals surface area contributed by atoms with Crippen molar-refractivity contribution in [3.63, 3.8) is 0 Å². The highest BCUT2D eigenvalue weighted by atomic mass is 16.2. The summed E-state index contributed by atoms with van der Waals surface area (Å²) in [5.74, 6) is -0.334. The van der Waals surface area contributed by atoms with Crippen LogP contribution in [0.4, 0.5) is 0 Å². The molecule has 0 saturated carbocycles. The van der Waals surface area contributed by atoms with E-state index in [0.717, 1.165) is 12.8 Å². The molecule has 0 spiro atoms. The van der Waals surface area contributed by atoms with E-state index in [1.165, 1.54) is 24.0 Å². The van der Waals surface area contributed by atoms with Gasteiger partial charge < -0.3 is 5.32 Å². The molecule has 0 aliphatic carbocycles. The molecule has 0 unspecified atom stereocenters. The summed E-state index contributed by atoms with van der Waals surface area (Å²) in [4.78, 5) is 22.8.